The maximum absolute atomic E-state index is 6.80. The number of hydrogen-bond acceptors (Lipinski definition) is 3. The van der Waals surface area contributed by atoms with Crippen molar-refractivity contribution in [1.82, 2.24) is 9.88 Å². The van der Waals surface area contributed by atoms with Gasteiger partial charge in [-0.25, -0.2) is 0 Å². The lowest BCUT2D eigenvalue weighted by Gasteiger charge is -2.40. The molecule has 132 valence electrons. The zero-order valence-corrected chi connectivity index (χ0v) is 17.1. The highest BCUT2D eigenvalue weighted by Gasteiger charge is 2.43. The van der Waals surface area contributed by atoms with Crippen molar-refractivity contribution in [1.29, 1.82) is 0 Å². The quantitative estimate of drug-likeness (QED) is 0.752. The predicted molar refractivity (Wildman–Crippen MR) is 104 cm³/mol. The molecule has 1 aromatic rings. The van der Waals surface area contributed by atoms with Crippen LogP contribution in [0.25, 0.3) is 5.57 Å². The molecule has 3 nitrogen and oxygen atoms in total. The van der Waals surface area contributed by atoms with Crippen molar-refractivity contribution < 1.29 is 4.43 Å². The summed E-state index contributed by atoms with van der Waals surface area (Å²) in [6.45, 7) is 12.9. The molecular formula is C20H32N2OSi. The summed E-state index contributed by atoms with van der Waals surface area (Å²) in [6.07, 6.45) is 7.84. The van der Waals surface area contributed by atoms with E-state index < -0.39 is 8.32 Å². The second kappa shape index (κ2) is 6.39. The highest BCUT2D eigenvalue weighted by Crippen LogP contribution is 2.40. The standard InChI is InChI=1S/C20H32N2OSi/c1-20(2,3)24(5,6)23-19-11-13-22(4)18(19)14-15-9-10-17-16(15)8-7-12-21-17/h7-9,12,18-19H,10-11,13-14H2,1-6H3/t18-,19+/m1/s1. The summed E-state index contributed by atoms with van der Waals surface area (Å²) in [5.74, 6) is 0. The first-order chi connectivity index (χ1) is 11.2. The lowest BCUT2D eigenvalue weighted by atomic mass is 9.99. The van der Waals surface area contributed by atoms with Gasteiger partial charge < -0.3 is 9.33 Å². The Hall–Kier alpha value is -0.973. The highest BCUT2D eigenvalue weighted by atomic mass is 28.4. The van der Waals surface area contributed by atoms with Crippen molar-refractivity contribution >= 4 is 13.9 Å². The molecule has 0 spiro atoms. The van der Waals surface area contributed by atoms with Crippen LogP contribution in [0.4, 0.5) is 0 Å². The summed E-state index contributed by atoms with van der Waals surface area (Å²) < 4.78 is 6.80. The van der Waals surface area contributed by atoms with Crippen LogP contribution in [0.5, 0.6) is 0 Å². The fraction of sp³-hybridized carbons (Fsp3) is 0.650. The van der Waals surface area contributed by atoms with Gasteiger partial charge in [0, 0.05) is 25.2 Å². The topological polar surface area (TPSA) is 25.4 Å². The number of likely N-dealkylation sites (tertiary alicyclic amines) is 1. The van der Waals surface area contributed by atoms with Crippen molar-refractivity contribution in [3.05, 3.63) is 35.7 Å². The monoisotopic (exact) mass is 344 g/mol. The zero-order chi connectivity index (χ0) is 17.5. The molecule has 0 amide bonds. The second-order valence-corrected chi connectivity index (χ2v) is 13.6. The minimum atomic E-state index is -1.73. The highest BCUT2D eigenvalue weighted by molar-refractivity contribution is 6.74. The summed E-state index contributed by atoms with van der Waals surface area (Å²) in [4.78, 5) is 7.02. The smallest absolute Gasteiger partial charge is 0.192 e. The van der Waals surface area contributed by atoms with Gasteiger partial charge in [0.2, 0.25) is 0 Å². The van der Waals surface area contributed by atoms with E-state index in [1.165, 1.54) is 16.8 Å². The summed E-state index contributed by atoms with van der Waals surface area (Å²) in [6, 6.07) is 4.76. The number of pyridine rings is 1. The van der Waals surface area contributed by atoms with Gasteiger partial charge in [-0.2, -0.15) is 0 Å². The fourth-order valence-corrected chi connectivity index (χ4v) is 4.98. The summed E-state index contributed by atoms with van der Waals surface area (Å²) in [5.41, 5.74) is 4.04. The molecule has 0 bridgehead atoms. The minimum Gasteiger partial charge on any atom is -0.412 e. The van der Waals surface area contributed by atoms with E-state index >= 15 is 0 Å². The molecule has 2 heterocycles. The third-order valence-electron chi connectivity index (χ3n) is 6.22. The van der Waals surface area contributed by atoms with Gasteiger partial charge in [0.05, 0.1) is 11.8 Å². The Balaban J connectivity index is 1.74. The largest absolute Gasteiger partial charge is 0.412 e. The molecule has 0 N–H and O–H groups in total. The van der Waals surface area contributed by atoms with Crippen molar-refractivity contribution in [2.24, 2.45) is 0 Å². The Morgan fingerprint density at radius 2 is 2.08 bits per heavy atom. The Morgan fingerprint density at radius 1 is 1.33 bits per heavy atom. The molecule has 1 fully saturated rings. The number of hydrogen-bond donors (Lipinski definition) is 0. The lowest BCUT2D eigenvalue weighted by molar-refractivity contribution is 0.136. The summed E-state index contributed by atoms with van der Waals surface area (Å²) >= 11 is 0. The van der Waals surface area contributed by atoms with Crippen LogP contribution in [0.2, 0.25) is 18.1 Å². The Morgan fingerprint density at radius 3 is 2.79 bits per heavy atom. The van der Waals surface area contributed by atoms with Crippen molar-refractivity contribution in [2.75, 3.05) is 13.6 Å². The van der Waals surface area contributed by atoms with Gasteiger partial charge in [-0.1, -0.05) is 32.9 Å². The van der Waals surface area contributed by atoms with E-state index in [1.807, 2.05) is 6.20 Å². The van der Waals surface area contributed by atoms with Gasteiger partial charge >= 0.3 is 0 Å². The fourth-order valence-electron chi connectivity index (χ4n) is 3.59. The molecule has 0 radical (unpaired) electrons. The Kier molecular flexibility index (Phi) is 4.75. The molecule has 1 aliphatic heterocycles. The first kappa shape index (κ1) is 17.8. The number of nitrogens with zero attached hydrogens (tertiary/aromatic N) is 2. The van der Waals surface area contributed by atoms with Gasteiger partial charge in [0.15, 0.2) is 8.32 Å². The number of aromatic nitrogens is 1. The molecule has 2 aliphatic rings. The SMILES string of the molecule is CN1CC[C@H](O[Si](C)(C)C(C)(C)C)[C@H]1CC1=CCc2ncccc21. The van der Waals surface area contributed by atoms with E-state index in [0.29, 0.717) is 12.1 Å². The normalized spacial score (nSPS) is 25.0. The number of rotatable bonds is 4. The van der Waals surface area contributed by atoms with E-state index in [0.717, 1.165) is 25.8 Å². The van der Waals surface area contributed by atoms with Crippen LogP contribution in [-0.4, -0.2) is 43.9 Å². The Bertz CT molecular complexity index is 633. The summed E-state index contributed by atoms with van der Waals surface area (Å²) in [5, 5.41) is 0.266. The molecule has 2 atom stereocenters. The maximum Gasteiger partial charge on any atom is 0.192 e. The molecule has 1 aliphatic carbocycles. The van der Waals surface area contributed by atoms with Crippen LogP contribution < -0.4 is 0 Å². The molecule has 0 unspecified atom stereocenters. The predicted octanol–water partition coefficient (Wildman–Crippen LogP) is 4.51. The van der Waals surface area contributed by atoms with Crippen LogP contribution in [0.3, 0.4) is 0 Å². The molecule has 4 heteroatoms. The van der Waals surface area contributed by atoms with E-state index in [1.54, 1.807) is 0 Å². The van der Waals surface area contributed by atoms with Crippen LogP contribution in [0, 0.1) is 0 Å². The van der Waals surface area contributed by atoms with E-state index in [9.17, 15) is 0 Å². The Labute approximate surface area is 148 Å². The number of allylic oxidation sites excluding steroid dienone is 1. The molecule has 1 aromatic heterocycles. The van der Waals surface area contributed by atoms with Crippen molar-refractivity contribution in [2.45, 2.75) is 70.3 Å². The second-order valence-electron chi connectivity index (χ2n) is 8.89. The maximum atomic E-state index is 6.80. The van der Waals surface area contributed by atoms with Gasteiger partial charge in [-0.3, -0.25) is 4.98 Å². The lowest BCUT2D eigenvalue weighted by Crippen LogP contribution is -2.47. The van der Waals surface area contributed by atoms with E-state index in [-0.39, 0.29) is 5.04 Å². The molecular weight excluding hydrogens is 312 g/mol. The van der Waals surface area contributed by atoms with Gasteiger partial charge in [-0.15, -0.1) is 0 Å². The van der Waals surface area contributed by atoms with E-state index in [4.69, 9.17) is 4.43 Å². The molecule has 24 heavy (non-hydrogen) atoms. The summed E-state index contributed by atoms with van der Waals surface area (Å²) in [7, 11) is 0.522. The van der Waals surface area contributed by atoms with Crippen LogP contribution >= 0.6 is 0 Å². The van der Waals surface area contributed by atoms with Gasteiger partial charge in [0.25, 0.3) is 0 Å². The zero-order valence-electron chi connectivity index (χ0n) is 16.1. The average molecular weight is 345 g/mol. The van der Waals surface area contributed by atoms with Crippen LogP contribution in [-0.2, 0) is 10.8 Å². The van der Waals surface area contributed by atoms with Crippen LogP contribution in [0.15, 0.2) is 24.4 Å². The van der Waals surface area contributed by atoms with Gasteiger partial charge in [-0.05, 0) is 55.2 Å². The van der Waals surface area contributed by atoms with Gasteiger partial charge in [0.1, 0.15) is 0 Å². The minimum absolute atomic E-state index is 0.266. The van der Waals surface area contributed by atoms with E-state index in [2.05, 4.69) is 69.0 Å². The van der Waals surface area contributed by atoms with Crippen LogP contribution in [0.1, 0.15) is 44.9 Å². The first-order valence-electron chi connectivity index (χ1n) is 9.20. The first-order valence-corrected chi connectivity index (χ1v) is 12.1. The van der Waals surface area contributed by atoms with Crippen molar-refractivity contribution in [3.8, 4) is 0 Å². The third-order valence-corrected chi connectivity index (χ3v) is 10.7. The third kappa shape index (κ3) is 3.37. The average Bonchev–Trinajstić information content (AvgIpc) is 3.05. The number of likely N-dealkylation sites (N-methyl/N-ethyl adjacent to an activating group) is 1. The van der Waals surface area contributed by atoms with Crippen molar-refractivity contribution in [3.63, 3.8) is 0 Å². The molecule has 1 saturated heterocycles. The molecule has 3 rings (SSSR count). The molecule has 0 saturated carbocycles. The molecule has 0 aromatic carbocycles. The number of fused-ring (bicyclic) bond motifs is 1.